The monoisotopic (exact) mass is 184 g/mol. The van der Waals surface area contributed by atoms with Gasteiger partial charge in [-0.2, -0.15) is 0 Å². The van der Waals surface area contributed by atoms with Gasteiger partial charge in [-0.25, -0.2) is 0 Å². The van der Waals surface area contributed by atoms with Gasteiger partial charge in [-0.1, -0.05) is 55.4 Å². The fraction of sp³-hybridized carbons (Fsp3) is 1.00. The van der Waals surface area contributed by atoms with E-state index in [1.165, 1.54) is 12.8 Å². The Hall–Kier alpha value is 0. The molecule has 0 aliphatic carbocycles. The molecular formula is C13H28. The number of rotatable bonds is 2. The Bertz CT molecular complexity index is 132. The van der Waals surface area contributed by atoms with E-state index in [4.69, 9.17) is 0 Å². The highest BCUT2D eigenvalue weighted by Gasteiger charge is 2.47. The van der Waals surface area contributed by atoms with Crippen molar-refractivity contribution in [3.05, 3.63) is 0 Å². The fourth-order valence-electron chi connectivity index (χ4n) is 3.50. The zero-order valence-corrected chi connectivity index (χ0v) is 10.9. The summed E-state index contributed by atoms with van der Waals surface area (Å²) in [4.78, 5) is 0. The summed E-state index contributed by atoms with van der Waals surface area (Å²) in [6.45, 7) is 18.9. The summed E-state index contributed by atoms with van der Waals surface area (Å²) < 4.78 is 0. The maximum atomic E-state index is 2.38. The van der Waals surface area contributed by atoms with E-state index in [-0.39, 0.29) is 0 Å². The van der Waals surface area contributed by atoms with E-state index >= 15 is 0 Å². The molecule has 0 amide bonds. The van der Waals surface area contributed by atoms with Crippen LogP contribution in [0.2, 0.25) is 0 Å². The van der Waals surface area contributed by atoms with Gasteiger partial charge in [0.15, 0.2) is 0 Å². The molecule has 0 heteroatoms. The topological polar surface area (TPSA) is 0 Å². The lowest BCUT2D eigenvalue weighted by Gasteiger charge is -2.53. The predicted octanol–water partition coefficient (Wildman–Crippen LogP) is 4.89. The van der Waals surface area contributed by atoms with E-state index in [2.05, 4.69) is 55.4 Å². The van der Waals surface area contributed by atoms with Crippen LogP contribution >= 0.6 is 0 Å². The predicted molar refractivity (Wildman–Crippen MR) is 61.9 cm³/mol. The SMILES string of the molecule is CCC(CC)(C(C)(C)C)C(C)(C)C. The minimum atomic E-state index is 0.398. The summed E-state index contributed by atoms with van der Waals surface area (Å²) in [5.74, 6) is 0. The second kappa shape index (κ2) is 3.63. The van der Waals surface area contributed by atoms with E-state index in [0.717, 1.165) is 0 Å². The first-order valence-electron chi connectivity index (χ1n) is 5.62. The molecule has 0 atom stereocenters. The lowest BCUT2D eigenvalue weighted by molar-refractivity contribution is -0.0395. The van der Waals surface area contributed by atoms with Crippen LogP contribution in [0.4, 0.5) is 0 Å². The summed E-state index contributed by atoms with van der Waals surface area (Å²) in [6.07, 6.45) is 2.55. The molecular weight excluding hydrogens is 156 g/mol. The van der Waals surface area contributed by atoms with Gasteiger partial charge in [0.1, 0.15) is 0 Å². The molecule has 0 aromatic carbocycles. The standard InChI is InChI=1S/C13H28/c1-9-13(10-2,11(3,4)5)12(6,7)8/h9-10H2,1-8H3. The van der Waals surface area contributed by atoms with E-state index in [1.54, 1.807) is 0 Å². The van der Waals surface area contributed by atoms with Crippen LogP contribution in [0, 0.1) is 16.2 Å². The molecule has 0 N–H and O–H groups in total. The van der Waals surface area contributed by atoms with Crippen molar-refractivity contribution in [2.24, 2.45) is 16.2 Å². The van der Waals surface area contributed by atoms with E-state index in [9.17, 15) is 0 Å². The first-order chi connectivity index (χ1) is 5.62. The van der Waals surface area contributed by atoms with Crippen LogP contribution in [0.25, 0.3) is 0 Å². The molecule has 0 saturated carbocycles. The third-order valence-corrected chi connectivity index (χ3v) is 4.08. The first-order valence-corrected chi connectivity index (χ1v) is 5.62. The minimum absolute atomic E-state index is 0.398. The maximum absolute atomic E-state index is 2.38. The summed E-state index contributed by atoms with van der Waals surface area (Å²) >= 11 is 0. The van der Waals surface area contributed by atoms with Crippen LogP contribution < -0.4 is 0 Å². The molecule has 0 spiro atoms. The second-order valence-corrected chi connectivity index (χ2v) is 6.29. The minimum Gasteiger partial charge on any atom is -0.0648 e. The molecule has 13 heavy (non-hydrogen) atoms. The van der Waals surface area contributed by atoms with Crippen molar-refractivity contribution in [1.82, 2.24) is 0 Å². The first kappa shape index (κ1) is 13.0. The Labute approximate surface area is 85.1 Å². The average molecular weight is 184 g/mol. The molecule has 0 aliphatic heterocycles. The zero-order valence-electron chi connectivity index (χ0n) is 10.9. The molecule has 0 aromatic rings. The van der Waals surface area contributed by atoms with Crippen molar-refractivity contribution in [2.75, 3.05) is 0 Å². The van der Waals surface area contributed by atoms with Crippen molar-refractivity contribution in [2.45, 2.75) is 68.2 Å². The van der Waals surface area contributed by atoms with Crippen LogP contribution in [0.3, 0.4) is 0 Å². The maximum Gasteiger partial charge on any atom is -0.0205 e. The molecule has 0 fully saturated rings. The Balaban J connectivity index is 5.17. The van der Waals surface area contributed by atoms with Crippen LogP contribution in [0.5, 0.6) is 0 Å². The molecule has 0 bridgehead atoms. The Kier molecular flexibility index (Phi) is 3.63. The van der Waals surface area contributed by atoms with Crippen molar-refractivity contribution < 1.29 is 0 Å². The molecule has 0 nitrogen and oxygen atoms in total. The largest absolute Gasteiger partial charge is 0.0648 e. The summed E-state index contributed by atoms with van der Waals surface area (Å²) in [7, 11) is 0. The van der Waals surface area contributed by atoms with Crippen LogP contribution in [0.15, 0.2) is 0 Å². The molecule has 0 unspecified atom stereocenters. The van der Waals surface area contributed by atoms with Crippen molar-refractivity contribution in [3.63, 3.8) is 0 Å². The van der Waals surface area contributed by atoms with Gasteiger partial charge < -0.3 is 0 Å². The Morgan fingerprint density at radius 3 is 0.846 bits per heavy atom. The van der Waals surface area contributed by atoms with Gasteiger partial charge in [0.05, 0.1) is 0 Å². The molecule has 0 heterocycles. The lowest BCUT2D eigenvalue weighted by atomic mass is 9.52. The van der Waals surface area contributed by atoms with E-state index < -0.39 is 0 Å². The highest BCUT2D eigenvalue weighted by Crippen LogP contribution is 2.55. The molecule has 0 aliphatic rings. The van der Waals surface area contributed by atoms with Gasteiger partial charge in [-0.15, -0.1) is 0 Å². The Morgan fingerprint density at radius 1 is 0.615 bits per heavy atom. The van der Waals surface area contributed by atoms with Crippen LogP contribution in [0.1, 0.15) is 68.2 Å². The quantitative estimate of drug-likeness (QED) is 0.573. The summed E-state index contributed by atoms with van der Waals surface area (Å²) in [6, 6.07) is 0. The molecule has 0 aromatic heterocycles. The summed E-state index contributed by atoms with van der Waals surface area (Å²) in [5.41, 5.74) is 1.25. The van der Waals surface area contributed by atoms with Crippen molar-refractivity contribution in [1.29, 1.82) is 0 Å². The molecule has 0 rings (SSSR count). The lowest BCUT2D eigenvalue weighted by Crippen LogP contribution is -2.45. The van der Waals surface area contributed by atoms with Gasteiger partial charge in [0.25, 0.3) is 0 Å². The van der Waals surface area contributed by atoms with Gasteiger partial charge in [0.2, 0.25) is 0 Å². The van der Waals surface area contributed by atoms with Gasteiger partial charge in [-0.05, 0) is 29.1 Å². The molecule has 0 saturated heterocycles. The normalized spacial score (nSPS) is 14.8. The molecule has 0 radical (unpaired) electrons. The van der Waals surface area contributed by atoms with Crippen LogP contribution in [-0.4, -0.2) is 0 Å². The third-order valence-electron chi connectivity index (χ3n) is 4.08. The highest BCUT2D eigenvalue weighted by molar-refractivity contribution is 4.96. The van der Waals surface area contributed by atoms with Crippen LogP contribution in [-0.2, 0) is 0 Å². The smallest absolute Gasteiger partial charge is 0.0205 e. The second-order valence-electron chi connectivity index (χ2n) is 6.29. The zero-order chi connectivity index (χ0) is 10.9. The Morgan fingerprint density at radius 2 is 0.846 bits per heavy atom. The molecule has 80 valence electrons. The highest BCUT2D eigenvalue weighted by atomic mass is 14.5. The number of hydrogen-bond acceptors (Lipinski definition) is 0. The van der Waals surface area contributed by atoms with Gasteiger partial charge >= 0.3 is 0 Å². The number of hydrogen-bond donors (Lipinski definition) is 0. The fourth-order valence-corrected chi connectivity index (χ4v) is 3.50. The summed E-state index contributed by atoms with van der Waals surface area (Å²) in [5, 5.41) is 0. The van der Waals surface area contributed by atoms with E-state index in [0.29, 0.717) is 16.2 Å². The van der Waals surface area contributed by atoms with Gasteiger partial charge in [0, 0.05) is 0 Å². The third kappa shape index (κ3) is 2.08. The van der Waals surface area contributed by atoms with Crippen molar-refractivity contribution >= 4 is 0 Å². The average Bonchev–Trinajstić information content (AvgIpc) is 1.84. The van der Waals surface area contributed by atoms with Gasteiger partial charge in [-0.3, -0.25) is 0 Å². The van der Waals surface area contributed by atoms with E-state index in [1.807, 2.05) is 0 Å². The van der Waals surface area contributed by atoms with Crippen molar-refractivity contribution in [3.8, 4) is 0 Å².